The number of phenols is 1. The van der Waals surface area contributed by atoms with Crippen LogP contribution in [0.1, 0.15) is 48.4 Å². The molecule has 1 aliphatic carbocycles. The van der Waals surface area contributed by atoms with Gasteiger partial charge in [-0.2, -0.15) is 0 Å². The molecule has 0 aromatic heterocycles. The SMILES string of the molecule is CCN1CCN(CCOc2ccc(CN(CC)c3cc(OC)ccc3C3CCc4cc(O)ccc4C3)cc2F)CC1. The van der Waals surface area contributed by atoms with Crippen LogP contribution in [-0.4, -0.2) is 74.4 Å². The van der Waals surface area contributed by atoms with Crippen molar-refractivity contribution in [1.29, 1.82) is 0 Å². The van der Waals surface area contributed by atoms with Gasteiger partial charge in [0, 0.05) is 57.6 Å². The minimum atomic E-state index is -0.313. The van der Waals surface area contributed by atoms with Crippen LogP contribution in [0.4, 0.5) is 10.1 Å². The van der Waals surface area contributed by atoms with Gasteiger partial charge in [0.15, 0.2) is 11.6 Å². The molecule has 1 atom stereocenters. The Labute approximate surface area is 244 Å². The molecule has 0 amide bonds. The standard InChI is InChI=1S/C34H44FN3O3/c1-4-36-14-16-37(17-15-36)18-19-41-34-13-6-25(20-32(34)35)24-38(5-2)33-23-30(40-3)11-12-31(33)28-8-7-27-22-29(39)10-9-26(27)21-28/h6,9-13,20,22-23,28,39H,4-5,7-8,14-19,21,24H2,1-3H3. The van der Waals surface area contributed by atoms with E-state index in [4.69, 9.17) is 9.47 Å². The maximum Gasteiger partial charge on any atom is 0.165 e. The maximum atomic E-state index is 15.1. The molecule has 0 spiro atoms. The van der Waals surface area contributed by atoms with Gasteiger partial charge in [-0.3, -0.25) is 4.90 Å². The second-order valence-electron chi connectivity index (χ2n) is 11.2. The number of rotatable bonds is 11. The first-order valence-electron chi connectivity index (χ1n) is 15.1. The highest BCUT2D eigenvalue weighted by atomic mass is 19.1. The number of aromatic hydroxyl groups is 1. The van der Waals surface area contributed by atoms with E-state index in [1.165, 1.54) is 16.7 Å². The molecule has 41 heavy (non-hydrogen) atoms. The summed E-state index contributed by atoms with van der Waals surface area (Å²) in [4.78, 5) is 7.14. The molecule has 0 saturated carbocycles. The quantitative estimate of drug-likeness (QED) is 0.317. The molecule has 0 bridgehead atoms. The predicted molar refractivity (Wildman–Crippen MR) is 163 cm³/mol. The van der Waals surface area contributed by atoms with Gasteiger partial charge in [0.1, 0.15) is 18.1 Å². The number of halogens is 1. The molecule has 1 aliphatic heterocycles. The van der Waals surface area contributed by atoms with E-state index in [2.05, 4.69) is 46.7 Å². The Morgan fingerprint density at radius 3 is 2.49 bits per heavy atom. The predicted octanol–water partition coefficient (Wildman–Crippen LogP) is 5.86. The molecule has 5 rings (SSSR count). The summed E-state index contributed by atoms with van der Waals surface area (Å²) in [5.74, 6) is 1.51. The van der Waals surface area contributed by atoms with E-state index in [-0.39, 0.29) is 5.82 Å². The highest BCUT2D eigenvalue weighted by molar-refractivity contribution is 5.60. The molecule has 1 N–H and O–H groups in total. The molecule has 2 aliphatic rings. The number of fused-ring (bicyclic) bond motifs is 1. The fourth-order valence-corrected chi connectivity index (χ4v) is 6.24. The summed E-state index contributed by atoms with van der Waals surface area (Å²) in [5, 5.41) is 9.91. The Morgan fingerprint density at radius 2 is 1.76 bits per heavy atom. The Bertz CT molecular complexity index is 1310. The van der Waals surface area contributed by atoms with Gasteiger partial charge in [-0.15, -0.1) is 0 Å². The fourth-order valence-electron chi connectivity index (χ4n) is 6.24. The van der Waals surface area contributed by atoms with Gasteiger partial charge < -0.3 is 24.4 Å². The second-order valence-corrected chi connectivity index (χ2v) is 11.2. The van der Waals surface area contributed by atoms with Crippen LogP contribution >= 0.6 is 0 Å². The van der Waals surface area contributed by atoms with Crippen LogP contribution in [0.25, 0.3) is 0 Å². The molecule has 1 heterocycles. The van der Waals surface area contributed by atoms with Crippen molar-refractivity contribution in [3.05, 3.63) is 82.7 Å². The monoisotopic (exact) mass is 561 g/mol. The molecule has 1 saturated heterocycles. The first-order valence-corrected chi connectivity index (χ1v) is 15.1. The van der Waals surface area contributed by atoms with Crippen LogP contribution in [0.2, 0.25) is 0 Å². The Balaban J connectivity index is 1.26. The van der Waals surface area contributed by atoms with Crippen LogP contribution in [0.5, 0.6) is 17.2 Å². The zero-order valence-electron chi connectivity index (χ0n) is 24.7. The van der Waals surface area contributed by atoms with Crippen molar-refractivity contribution in [2.45, 2.75) is 45.6 Å². The van der Waals surface area contributed by atoms with Gasteiger partial charge in [0.05, 0.1) is 7.11 Å². The van der Waals surface area contributed by atoms with Crippen molar-refractivity contribution < 1.29 is 19.0 Å². The summed E-state index contributed by atoms with van der Waals surface area (Å²) in [7, 11) is 1.69. The molecular weight excluding hydrogens is 517 g/mol. The third-order valence-electron chi connectivity index (χ3n) is 8.77. The highest BCUT2D eigenvalue weighted by Gasteiger charge is 2.25. The largest absolute Gasteiger partial charge is 0.508 e. The maximum absolute atomic E-state index is 15.1. The summed E-state index contributed by atoms with van der Waals surface area (Å²) in [6.07, 6.45) is 2.89. The summed E-state index contributed by atoms with van der Waals surface area (Å²) in [5.41, 5.74) is 5.85. The van der Waals surface area contributed by atoms with Gasteiger partial charge in [-0.05, 0) is 91.2 Å². The lowest BCUT2D eigenvalue weighted by atomic mass is 9.79. The van der Waals surface area contributed by atoms with E-state index in [0.717, 1.165) is 82.1 Å². The number of methoxy groups -OCH3 is 1. The van der Waals surface area contributed by atoms with Crippen molar-refractivity contribution in [3.63, 3.8) is 0 Å². The van der Waals surface area contributed by atoms with E-state index < -0.39 is 0 Å². The third kappa shape index (κ3) is 7.14. The lowest BCUT2D eigenvalue weighted by molar-refractivity contribution is 0.120. The third-order valence-corrected chi connectivity index (χ3v) is 8.77. The lowest BCUT2D eigenvalue weighted by Crippen LogP contribution is -2.47. The molecule has 0 radical (unpaired) electrons. The lowest BCUT2D eigenvalue weighted by Gasteiger charge is -2.33. The molecule has 1 unspecified atom stereocenters. The number of hydrogen-bond donors (Lipinski definition) is 1. The average Bonchev–Trinajstić information content (AvgIpc) is 3.00. The van der Waals surface area contributed by atoms with E-state index in [1.807, 2.05) is 18.2 Å². The summed E-state index contributed by atoms with van der Waals surface area (Å²) < 4.78 is 26.6. The first-order chi connectivity index (χ1) is 20.0. The highest BCUT2D eigenvalue weighted by Crippen LogP contribution is 2.40. The molecular formula is C34H44FN3O3. The molecule has 3 aromatic carbocycles. The summed E-state index contributed by atoms with van der Waals surface area (Å²) in [6, 6.07) is 17.4. The van der Waals surface area contributed by atoms with Gasteiger partial charge in [-0.25, -0.2) is 4.39 Å². The second kappa shape index (κ2) is 13.6. The van der Waals surface area contributed by atoms with Crippen molar-refractivity contribution in [2.24, 2.45) is 0 Å². The zero-order valence-corrected chi connectivity index (χ0v) is 24.7. The van der Waals surface area contributed by atoms with Crippen LogP contribution in [0.15, 0.2) is 54.6 Å². The Morgan fingerprint density at radius 1 is 0.951 bits per heavy atom. The number of benzene rings is 3. The van der Waals surface area contributed by atoms with Crippen LogP contribution in [-0.2, 0) is 19.4 Å². The number of ether oxygens (including phenoxy) is 2. The van der Waals surface area contributed by atoms with Crippen molar-refractivity contribution >= 4 is 5.69 Å². The summed E-state index contributed by atoms with van der Waals surface area (Å²) in [6.45, 7) is 12.3. The van der Waals surface area contributed by atoms with Crippen molar-refractivity contribution in [3.8, 4) is 17.2 Å². The van der Waals surface area contributed by atoms with Gasteiger partial charge in [0.25, 0.3) is 0 Å². The minimum Gasteiger partial charge on any atom is -0.508 e. The van der Waals surface area contributed by atoms with Gasteiger partial charge in [-0.1, -0.05) is 25.1 Å². The molecule has 7 heteroatoms. The molecule has 3 aromatic rings. The first kappa shape index (κ1) is 29.2. The number of nitrogens with zero attached hydrogens (tertiary/aromatic N) is 3. The Hall–Kier alpha value is -3.29. The van der Waals surface area contributed by atoms with E-state index >= 15 is 4.39 Å². The smallest absolute Gasteiger partial charge is 0.165 e. The van der Waals surface area contributed by atoms with E-state index in [9.17, 15) is 5.11 Å². The van der Waals surface area contributed by atoms with Crippen LogP contribution in [0, 0.1) is 5.82 Å². The zero-order chi connectivity index (χ0) is 28.8. The van der Waals surface area contributed by atoms with Crippen LogP contribution < -0.4 is 14.4 Å². The van der Waals surface area contributed by atoms with Gasteiger partial charge in [0.2, 0.25) is 0 Å². The number of aryl methyl sites for hydroxylation is 1. The number of piperazine rings is 1. The molecule has 1 fully saturated rings. The van der Waals surface area contributed by atoms with Gasteiger partial charge >= 0.3 is 0 Å². The number of phenolic OH excluding ortho intramolecular Hbond substituents is 1. The topological polar surface area (TPSA) is 48.4 Å². The number of likely N-dealkylation sites (N-methyl/N-ethyl adjacent to an activating group) is 1. The van der Waals surface area contributed by atoms with Crippen molar-refractivity contribution in [1.82, 2.24) is 9.80 Å². The van der Waals surface area contributed by atoms with Crippen LogP contribution in [0.3, 0.4) is 0 Å². The number of anilines is 1. The fraction of sp³-hybridized carbons (Fsp3) is 0.471. The van der Waals surface area contributed by atoms with E-state index in [0.29, 0.717) is 30.6 Å². The molecule has 6 nitrogen and oxygen atoms in total. The average molecular weight is 562 g/mol. The van der Waals surface area contributed by atoms with E-state index in [1.54, 1.807) is 25.3 Å². The van der Waals surface area contributed by atoms with Crippen molar-refractivity contribution in [2.75, 3.05) is 64.4 Å². The normalized spacial score (nSPS) is 17.7. The molecule has 220 valence electrons. The number of hydrogen-bond acceptors (Lipinski definition) is 6. The summed E-state index contributed by atoms with van der Waals surface area (Å²) >= 11 is 0. The Kier molecular flexibility index (Phi) is 9.68. The minimum absolute atomic E-state index is 0.313.